The molecule has 0 radical (unpaired) electrons. The maximum atomic E-state index is 5.84. The normalized spacial score (nSPS) is 11.0. The number of methoxy groups -OCH3 is 2. The van der Waals surface area contributed by atoms with Crippen LogP contribution in [0.4, 0.5) is 5.69 Å². The third kappa shape index (κ3) is 14.1. The third-order valence-corrected chi connectivity index (χ3v) is 3.55. The molecule has 9 nitrogen and oxygen atoms in total. The van der Waals surface area contributed by atoms with E-state index < -0.39 is 0 Å². The first-order valence-corrected chi connectivity index (χ1v) is 9.72. The van der Waals surface area contributed by atoms with Crippen LogP contribution >= 0.6 is 0 Å². The van der Waals surface area contributed by atoms with Gasteiger partial charge in [-0.2, -0.15) is 0 Å². The number of anilines is 1. The molecule has 0 spiro atoms. The van der Waals surface area contributed by atoms with Crippen molar-refractivity contribution in [2.75, 3.05) is 99.2 Å². The van der Waals surface area contributed by atoms with Crippen LogP contribution in [0.15, 0.2) is 18.2 Å². The molecule has 0 aliphatic rings. The third-order valence-electron chi connectivity index (χ3n) is 3.55. The second kappa shape index (κ2) is 18.4. The molecule has 0 fully saturated rings. The summed E-state index contributed by atoms with van der Waals surface area (Å²) < 4.78 is 42.8. The number of benzene rings is 1. The Labute approximate surface area is 173 Å². The highest BCUT2D eigenvalue weighted by molar-refractivity contribution is 5.51. The van der Waals surface area contributed by atoms with Gasteiger partial charge in [-0.05, 0) is 12.1 Å². The van der Waals surface area contributed by atoms with E-state index >= 15 is 0 Å². The van der Waals surface area contributed by atoms with E-state index in [-0.39, 0.29) is 0 Å². The van der Waals surface area contributed by atoms with Gasteiger partial charge in [-0.15, -0.1) is 0 Å². The molecule has 2 N–H and O–H groups in total. The van der Waals surface area contributed by atoms with Gasteiger partial charge >= 0.3 is 0 Å². The van der Waals surface area contributed by atoms with Crippen LogP contribution in [0.25, 0.3) is 0 Å². The van der Waals surface area contributed by atoms with Crippen molar-refractivity contribution in [3.63, 3.8) is 0 Å². The number of nitrogen functional groups attached to an aromatic ring is 1. The summed E-state index contributed by atoms with van der Waals surface area (Å²) in [5.74, 6) is 1.19. The van der Waals surface area contributed by atoms with Crippen molar-refractivity contribution in [3.05, 3.63) is 18.2 Å². The Hall–Kier alpha value is -1.62. The Balaban J connectivity index is 2.14. The van der Waals surface area contributed by atoms with Crippen LogP contribution in [0.3, 0.4) is 0 Å². The van der Waals surface area contributed by atoms with Crippen molar-refractivity contribution in [1.29, 1.82) is 0 Å². The predicted octanol–water partition coefficient (Wildman–Crippen LogP) is 1.39. The molecular formula is C20H35NO8. The van der Waals surface area contributed by atoms with Crippen molar-refractivity contribution in [3.8, 4) is 11.5 Å². The van der Waals surface area contributed by atoms with Crippen LogP contribution in [0.5, 0.6) is 11.5 Å². The molecule has 0 atom stereocenters. The van der Waals surface area contributed by atoms with E-state index in [0.717, 1.165) is 0 Å². The minimum atomic E-state index is 0.382. The molecule has 0 unspecified atom stereocenters. The lowest BCUT2D eigenvalue weighted by Gasteiger charge is -2.14. The standard InChI is InChI=1S/C20H35NO8/c1-22-5-7-24-9-11-26-13-15-28-19-4-3-18(21)17-20(19)29-16-14-27-12-10-25-8-6-23-2/h3-4,17H,5-16,21H2,1-2H3. The minimum absolute atomic E-state index is 0.382. The Kier molecular flexibility index (Phi) is 16.1. The topological polar surface area (TPSA) is 99.9 Å². The van der Waals surface area contributed by atoms with Crippen molar-refractivity contribution in [1.82, 2.24) is 0 Å². The minimum Gasteiger partial charge on any atom is -0.487 e. The molecule has 29 heavy (non-hydrogen) atoms. The van der Waals surface area contributed by atoms with Crippen LogP contribution in [-0.4, -0.2) is 93.5 Å². The van der Waals surface area contributed by atoms with Crippen molar-refractivity contribution >= 4 is 5.69 Å². The number of rotatable bonds is 20. The maximum absolute atomic E-state index is 5.84. The highest BCUT2D eigenvalue weighted by Crippen LogP contribution is 2.29. The number of hydrogen-bond acceptors (Lipinski definition) is 9. The zero-order valence-corrected chi connectivity index (χ0v) is 17.6. The van der Waals surface area contributed by atoms with Crippen molar-refractivity contribution < 1.29 is 37.9 Å². The average Bonchev–Trinajstić information content (AvgIpc) is 2.72. The molecule has 0 heterocycles. The fraction of sp³-hybridized carbons (Fsp3) is 0.700. The smallest absolute Gasteiger partial charge is 0.163 e. The van der Waals surface area contributed by atoms with Crippen LogP contribution in [-0.2, 0) is 28.4 Å². The summed E-state index contributed by atoms with van der Waals surface area (Å²) in [6.07, 6.45) is 0. The molecule has 0 aliphatic carbocycles. The second-order valence-corrected chi connectivity index (χ2v) is 5.84. The van der Waals surface area contributed by atoms with Crippen LogP contribution in [0, 0.1) is 0 Å². The fourth-order valence-corrected chi connectivity index (χ4v) is 2.11. The average molecular weight is 417 g/mol. The summed E-state index contributed by atoms with van der Waals surface area (Å²) in [7, 11) is 3.28. The van der Waals surface area contributed by atoms with Crippen LogP contribution in [0.2, 0.25) is 0 Å². The van der Waals surface area contributed by atoms with Gasteiger partial charge in [0, 0.05) is 26.0 Å². The number of ether oxygens (including phenoxy) is 8. The van der Waals surface area contributed by atoms with E-state index in [1.54, 1.807) is 32.4 Å². The van der Waals surface area contributed by atoms with E-state index in [9.17, 15) is 0 Å². The lowest BCUT2D eigenvalue weighted by Crippen LogP contribution is -2.14. The molecule has 0 saturated heterocycles. The van der Waals surface area contributed by atoms with Gasteiger partial charge in [0.05, 0.1) is 66.1 Å². The zero-order valence-electron chi connectivity index (χ0n) is 17.6. The largest absolute Gasteiger partial charge is 0.487 e. The zero-order chi connectivity index (χ0) is 21.0. The van der Waals surface area contributed by atoms with E-state index in [1.165, 1.54) is 0 Å². The summed E-state index contributed by atoms with van der Waals surface area (Å²) >= 11 is 0. The first-order chi connectivity index (χ1) is 14.3. The van der Waals surface area contributed by atoms with Gasteiger partial charge in [-0.1, -0.05) is 0 Å². The van der Waals surface area contributed by atoms with Gasteiger partial charge in [0.1, 0.15) is 13.2 Å². The molecule has 9 heteroatoms. The molecular weight excluding hydrogens is 382 g/mol. The van der Waals surface area contributed by atoms with E-state index in [2.05, 4.69) is 0 Å². The second-order valence-electron chi connectivity index (χ2n) is 5.84. The molecule has 1 aromatic carbocycles. The molecule has 0 amide bonds. The Morgan fingerprint density at radius 3 is 1.45 bits per heavy atom. The van der Waals surface area contributed by atoms with Gasteiger partial charge in [0.25, 0.3) is 0 Å². The molecule has 1 rings (SSSR count). The monoisotopic (exact) mass is 417 g/mol. The Bertz CT molecular complexity index is 503. The quantitative estimate of drug-likeness (QED) is 0.249. The summed E-state index contributed by atoms with van der Waals surface area (Å²) in [5.41, 5.74) is 6.44. The van der Waals surface area contributed by atoms with E-state index in [4.69, 9.17) is 43.6 Å². The van der Waals surface area contributed by atoms with Gasteiger partial charge in [0.2, 0.25) is 0 Å². The lowest BCUT2D eigenvalue weighted by atomic mass is 10.3. The lowest BCUT2D eigenvalue weighted by molar-refractivity contribution is 0.0160. The molecule has 0 aromatic heterocycles. The van der Waals surface area contributed by atoms with Crippen LogP contribution < -0.4 is 15.2 Å². The summed E-state index contributed by atoms with van der Waals surface area (Å²) in [4.78, 5) is 0. The number of hydrogen-bond donors (Lipinski definition) is 1. The first kappa shape index (κ1) is 25.4. The fourth-order valence-electron chi connectivity index (χ4n) is 2.11. The maximum Gasteiger partial charge on any atom is 0.163 e. The first-order valence-electron chi connectivity index (χ1n) is 9.72. The van der Waals surface area contributed by atoms with E-state index in [1.807, 2.05) is 0 Å². The summed E-state index contributed by atoms with van der Waals surface area (Å²) in [5, 5.41) is 0. The van der Waals surface area contributed by atoms with Gasteiger partial charge in [0.15, 0.2) is 11.5 Å². The molecule has 0 saturated carbocycles. The molecule has 0 aliphatic heterocycles. The van der Waals surface area contributed by atoms with Crippen molar-refractivity contribution in [2.45, 2.75) is 0 Å². The van der Waals surface area contributed by atoms with Gasteiger partial charge in [-0.3, -0.25) is 0 Å². The van der Waals surface area contributed by atoms with Gasteiger partial charge < -0.3 is 43.6 Å². The van der Waals surface area contributed by atoms with Gasteiger partial charge in [-0.25, -0.2) is 0 Å². The predicted molar refractivity (Wildman–Crippen MR) is 109 cm³/mol. The summed E-state index contributed by atoms with van der Waals surface area (Å²) in [6.45, 7) is 6.00. The Morgan fingerprint density at radius 1 is 0.552 bits per heavy atom. The molecule has 0 bridgehead atoms. The van der Waals surface area contributed by atoms with Crippen molar-refractivity contribution in [2.24, 2.45) is 0 Å². The van der Waals surface area contributed by atoms with Crippen LogP contribution in [0.1, 0.15) is 0 Å². The highest BCUT2D eigenvalue weighted by Gasteiger charge is 2.06. The molecule has 1 aromatic rings. The SMILES string of the molecule is COCCOCCOCCOc1ccc(N)cc1OCCOCCOCCOC. The highest BCUT2D eigenvalue weighted by atomic mass is 16.6. The summed E-state index contributed by atoms with van der Waals surface area (Å²) in [6, 6.07) is 5.28. The number of nitrogens with two attached hydrogens (primary N) is 1. The van der Waals surface area contributed by atoms with E-state index in [0.29, 0.717) is 96.5 Å². The molecule has 168 valence electrons. The Morgan fingerprint density at radius 2 is 0.966 bits per heavy atom.